The molecule has 0 aliphatic carbocycles. The van der Waals surface area contributed by atoms with Gasteiger partial charge in [0.2, 0.25) is 0 Å². The summed E-state index contributed by atoms with van der Waals surface area (Å²) >= 11 is 0. The van der Waals surface area contributed by atoms with E-state index < -0.39 is 0 Å². The van der Waals surface area contributed by atoms with Gasteiger partial charge in [0.15, 0.2) is 0 Å². The molecule has 6 aromatic heterocycles. The number of nitrogens with zero attached hydrogens (tertiary/aromatic N) is 8. The van der Waals surface area contributed by atoms with Gasteiger partial charge in [-0.25, -0.2) is 19.9 Å². The molecule has 0 spiro atoms. The van der Waals surface area contributed by atoms with Crippen LogP contribution in [0.5, 0.6) is 0 Å². The van der Waals surface area contributed by atoms with Crippen LogP contribution in [0.15, 0.2) is 279 Å². The van der Waals surface area contributed by atoms with Crippen molar-refractivity contribution in [2.24, 2.45) is 0 Å². The van der Waals surface area contributed by atoms with Crippen LogP contribution < -0.4 is 19.9 Å². The van der Waals surface area contributed by atoms with E-state index in [4.69, 9.17) is 39.9 Å². The topological polar surface area (TPSA) is 108 Å². The van der Waals surface area contributed by atoms with Gasteiger partial charge in [-0.15, -0.1) is 44.1 Å². The zero-order valence-electron chi connectivity index (χ0n) is 55.2. The molecule has 10 heteroatoms. The fraction of sp³-hybridized carbons (Fsp3) is 0. The van der Waals surface area contributed by atoms with Crippen LogP contribution in [-0.4, -0.2) is 19.9 Å². The van der Waals surface area contributed by atoms with E-state index >= 15 is 0 Å². The van der Waals surface area contributed by atoms with Gasteiger partial charge >= 0.3 is 39.0 Å². The molecule has 0 atom stereocenters. The normalized spacial score (nSPS) is 11.6. The number of aromatic nitrogens is 8. The molecule has 18 rings (SSSR count). The second-order valence-corrected chi connectivity index (χ2v) is 24.6. The fourth-order valence-corrected chi connectivity index (χ4v) is 13.9. The van der Waals surface area contributed by atoms with Gasteiger partial charge in [-0.1, -0.05) is 267 Å². The predicted octanol–water partition coefficient (Wildman–Crippen LogP) is 20.9. The van der Waals surface area contributed by atoms with Crippen molar-refractivity contribution in [2.45, 2.75) is 0 Å². The van der Waals surface area contributed by atoms with Gasteiger partial charge in [0.25, 0.3) is 0 Å². The molecule has 8 aromatic carbocycles. The Morgan fingerprint density at radius 3 is 0.559 bits per heavy atom. The molecule has 8 nitrogen and oxygen atoms in total. The van der Waals surface area contributed by atoms with Crippen LogP contribution >= 0.6 is 0 Å². The quantitative estimate of drug-likeness (QED) is 0.109. The third-order valence-corrected chi connectivity index (χ3v) is 18.4. The molecule has 466 valence electrons. The van der Waals surface area contributed by atoms with E-state index in [2.05, 4.69) is 291 Å². The maximum absolute atomic E-state index is 5.51. The van der Waals surface area contributed by atoms with Crippen molar-refractivity contribution >= 4 is 92.7 Å². The minimum Gasteiger partial charge on any atom is -0.657 e. The first-order chi connectivity index (χ1) is 49.5. The van der Waals surface area contributed by atoms with Crippen LogP contribution in [0.1, 0.15) is 56.7 Å². The average Bonchev–Trinajstić information content (AvgIpc) is 1.62. The SMILES string of the molecule is C(C#Cc1cccc(-c2c3nc(c(-c4ccccc4)c4ccc([n-]4)c(-c4ccccc4)c4nc(c(-c5ccccc5)c5ccc2[n-]5)C=C4)C=C3)c1)#Cc1cccc(-c2c3nc(c(-c4ccccc4)c4ccc([n-]4)c(-c4ccccc4)c4nc(c(-c5ccccc5)c5ccc2[n-]5)C=C4)C=C3)c1.[Zn+2].[Zn+2]. The van der Waals surface area contributed by atoms with E-state index in [-0.39, 0.29) is 39.0 Å². The van der Waals surface area contributed by atoms with Crippen molar-refractivity contribution in [3.05, 3.63) is 336 Å². The van der Waals surface area contributed by atoms with Crippen LogP contribution in [0.2, 0.25) is 0 Å². The minimum absolute atomic E-state index is 0. The Hall–Kier alpha value is -12.7. The molecule has 0 radical (unpaired) electrons. The molecule has 4 aliphatic heterocycles. The van der Waals surface area contributed by atoms with Crippen molar-refractivity contribution in [1.29, 1.82) is 0 Å². The second kappa shape index (κ2) is 27.9. The molecule has 0 saturated carbocycles. The molecule has 4 aliphatic rings. The first-order valence-electron chi connectivity index (χ1n) is 33.2. The third kappa shape index (κ3) is 12.3. The van der Waals surface area contributed by atoms with Gasteiger partial charge < -0.3 is 19.9 Å². The molecule has 16 bridgehead atoms. The number of hydrogen-bond donors (Lipinski definition) is 0. The zero-order chi connectivity index (χ0) is 66.3. The summed E-state index contributed by atoms with van der Waals surface area (Å²) in [5.41, 5.74) is 29.4. The summed E-state index contributed by atoms with van der Waals surface area (Å²) in [6.45, 7) is 0. The van der Waals surface area contributed by atoms with Crippen LogP contribution in [0.3, 0.4) is 0 Å². The average molecular weight is 1400 g/mol. The van der Waals surface area contributed by atoms with Crippen molar-refractivity contribution in [1.82, 2.24) is 39.9 Å². The van der Waals surface area contributed by atoms with Crippen LogP contribution in [-0.2, 0) is 39.0 Å². The van der Waals surface area contributed by atoms with Gasteiger partial charge in [-0.2, -0.15) is 0 Å². The molecule has 0 fully saturated rings. The first kappa shape index (κ1) is 64.0. The van der Waals surface area contributed by atoms with Gasteiger partial charge in [-0.3, -0.25) is 0 Å². The Labute approximate surface area is 615 Å². The summed E-state index contributed by atoms with van der Waals surface area (Å²) < 4.78 is 0. The maximum atomic E-state index is 5.51. The van der Waals surface area contributed by atoms with E-state index in [0.29, 0.717) is 0 Å². The molecule has 10 heterocycles. The van der Waals surface area contributed by atoms with Crippen LogP contribution in [0, 0.1) is 23.7 Å². The summed E-state index contributed by atoms with van der Waals surface area (Å²) in [5, 5.41) is 0. The fourth-order valence-electron chi connectivity index (χ4n) is 13.9. The molecule has 14 aromatic rings. The van der Waals surface area contributed by atoms with E-state index in [9.17, 15) is 0 Å². The number of hydrogen-bond acceptors (Lipinski definition) is 4. The number of benzene rings is 8. The predicted molar refractivity (Wildman–Crippen MR) is 411 cm³/mol. The van der Waals surface area contributed by atoms with E-state index in [1.54, 1.807) is 0 Å². The van der Waals surface area contributed by atoms with Gasteiger partial charge in [0.1, 0.15) is 0 Å². The third-order valence-electron chi connectivity index (χ3n) is 18.4. The standard InChI is InChI=1S/C92H54N8.2Zn/c1-7-27-61(28-8-1)85-69-41-45-73(93-69)87(63-31-11-3-12-32-63)77-49-53-81(97-77)91(82-54-50-78(98-82)88(64-33-13-4-14-34-64)74-46-42-70(85)94-74)67-39-21-25-59(57-67)23-19-20-24-60-26-22-40-68(58-60)92-83-55-51-79(99-83)89(65-35-15-5-16-36-65)75-47-43-71(95-75)86(62-29-9-2-10-30-62)72-44-48-76(96-72)90(66-37-17-6-18-38-66)80-52-56-84(92)100-80;;/h1-18,21-22,25-58H;;/q-4;2*+2. The van der Waals surface area contributed by atoms with Crippen molar-refractivity contribution in [2.75, 3.05) is 0 Å². The number of fused-ring (bicyclic) bond motifs is 16. The minimum atomic E-state index is 0. The summed E-state index contributed by atoms with van der Waals surface area (Å²) in [6, 6.07) is 95.5. The van der Waals surface area contributed by atoms with E-state index in [1.165, 1.54) is 0 Å². The Bertz CT molecular complexity index is 5800. The smallest absolute Gasteiger partial charge is 0.657 e. The number of rotatable bonds is 8. The molecule has 0 N–H and O–H groups in total. The van der Waals surface area contributed by atoms with Gasteiger partial charge in [0.05, 0.1) is 45.6 Å². The van der Waals surface area contributed by atoms with Gasteiger partial charge in [-0.05, 0) is 174 Å². The van der Waals surface area contributed by atoms with Crippen molar-refractivity contribution in [3.63, 3.8) is 0 Å². The Morgan fingerprint density at radius 1 is 0.186 bits per heavy atom. The van der Waals surface area contributed by atoms with E-state index in [0.717, 1.165) is 190 Å². The summed E-state index contributed by atoms with van der Waals surface area (Å²) in [5.74, 6) is 13.2. The Kier molecular flexibility index (Phi) is 17.5. The Morgan fingerprint density at radius 2 is 0.363 bits per heavy atom. The summed E-state index contributed by atoms with van der Waals surface area (Å²) in [7, 11) is 0. The zero-order valence-corrected chi connectivity index (χ0v) is 61.1. The molecular formula is C92H54N8Zn2. The van der Waals surface area contributed by atoms with Crippen molar-refractivity contribution in [3.8, 4) is 113 Å². The summed E-state index contributed by atoms with van der Waals surface area (Å²) in [4.78, 5) is 43.8. The Balaban J connectivity index is 0.00000403. The summed E-state index contributed by atoms with van der Waals surface area (Å²) in [6.07, 6.45) is 16.8. The van der Waals surface area contributed by atoms with E-state index in [1.807, 2.05) is 60.7 Å². The molecule has 0 unspecified atom stereocenters. The van der Waals surface area contributed by atoms with Crippen LogP contribution in [0.4, 0.5) is 0 Å². The van der Waals surface area contributed by atoms with Crippen molar-refractivity contribution < 1.29 is 39.0 Å². The largest absolute Gasteiger partial charge is 2.00 e. The van der Waals surface area contributed by atoms with Gasteiger partial charge in [0, 0.05) is 11.1 Å². The molecule has 0 saturated heterocycles. The monoisotopic (exact) mass is 1400 g/mol. The molecule has 0 amide bonds. The van der Waals surface area contributed by atoms with Crippen LogP contribution in [0.25, 0.3) is 182 Å². The first-order valence-corrected chi connectivity index (χ1v) is 33.2. The molecule has 102 heavy (non-hydrogen) atoms. The maximum Gasteiger partial charge on any atom is 2.00 e. The second-order valence-electron chi connectivity index (χ2n) is 24.6. The molecular weight excluding hydrogens is 1350 g/mol.